The molecule has 0 saturated carbocycles. The van der Waals surface area contributed by atoms with Gasteiger partial charge in [-0.1, -0.05) is 29.3 Å². The van der Waals surface area contributed by atoms with Gasteiger partial charge in [0, 0.05) is 5.56 Å². The first-order chi connectivity index (χ1) is 6.61. The summed E-state index contributed by atoms with van der Waals surface area (Å²) < 4.78 is 0. The lowest BCUT2D eigenvalue weighted by molar-refractivity contribution is 1.00. The highest BCUT2D eigenvalue weighted by atomic mass is 35.5. The van der Waals surface area contributed by atoms with E-state index in [1.807, 2.05) is 0 Å². The number of hydrazone groups is 1. The van der Waals surface area contributed by atoms with E-state index in [0.717, 1.165) is 0 Å². The number of guanidine groups is 1. The molecule has 0 aliphatic rings. The second-order valence-electron chi connectivity index (χ2n) is 2.42. The van der Waals surface area contributed by atoms with Crippen molar-refractivity contribution < 1.29 is 0 Å². The van der Waals surface area contributed by atoms with E-state index in [9.17, 15) is 0 Å². The maximum Gasteiger partial charge on any atom is 0.206 e. The predicted octanol–water partition coefficient (Wildman–Crippen LogP) is 2.23. The van der Waals surface area contributed by atoms with Crippen LogP contribution in [0.5, 0.6) is 0 Å². The van der Waals surface area contributed by atoms with Crippen LogP contribution in [0.1, 0.15) is 5.56 Å². The van der Waals surface area contributed by atoms with Crippen LogP contribution in [0, 0.1) is 5.41 Å². The van der Waals surface area contributed by atoms with Crippen LogP contribution in [0.4, 0.5) is 0 Å². The molecular formula is C8H9Cl3N4. The Labute approximate surface area is 103 Å². The monoisotopic (exact) mass is 266 g/mol. The van der Waals surface area contributed by atoms with Gasteiger partial charge in [-0.15, -0.1) is 12.4 Å². The Morgan fingerprint density at radius 3 is 2.40 bits per heavy atom. The zero-order valence-corrected chi connectivity index (χ0v) is 9.83. The zero-order valence-electron chi connectivity index (χ0n) is 7.50. The number of nitrogens with two attached hydrogens (primary N) is 1. The molecule has 0 atom stereocenters. The molecule has 0 fully saturated rings. The lowest BCUT2D eigenvalue weighted by Gasteiger charge is -2.00. The van der Waals surface area contributed by atoms with E-state index < -0.39 is 0 Å². The van der Waals surface area contributed by atoms with E-state index in [1.165, 1.54) is 6.21 Å². The van der Waals surface area contributed by atoms with Crippen molar-refractivity contribution >= 4 is 47.8 Å². The van der Waals surface area contributed by atoms with Gasteiger partial charge in [-0.25, -0.2) is 5.43 Å². The van der Waals surface area contributed by atoms with Gasteiger partial charge < -0.3 is 5.73 Å². The summed E-state index contributed by atoms with van der Waals surface area (Å²) in [5.41, 5.74) is 7.87. The minimum Gasteiger partial charge on any atom is -0.369 e. The highest BCUT2D eigenvalue weighted by Crippen LogP contribution is 2.21. The van der Waals surface area contributed by atoms with E-state index >= 15 is 0 Å². The Morgan fingerprint density at radius 2 is 1.93 bits per heavy atom. The number of nitrogens with one attached hydrogen (secondary N) is 2. The molecule has 1 aromatic carbocycles. The molecule has 1 rings (SSSR count). The number of hydrogen-bond acceptors (Lipinski definition) is 2. The second-order valence-corrected chi connectivity index (χ2v) is 3.23. The van der Waals surface area contributed by atoms with Crippen molar-refractivity contribution in [2.24, 2.45) is 10.8 Å². The molecule has 82 valence electrons. The highest BCUT2D eigenvalue weighted by molar-refractivity contribution is 6.38. The lowest BCUT2D eigenvalue weighted by Crippen LogP contribution is -2.25. The number of nitrogens with zero attached hydrogens (tertiary/aromatic N) is 1. The van der Waals surface area contributed by atoms with Crippen LogP contribution in [0.3, 0.4) is 0 Å². The Morgan fingerprint density at radius 1 is 1.40 bits per heavy atom. The van der Waals surface area contributed by atoms with Gasteiger partial charge in [-0.3, -0.25) is 5.41 Å². The van der Waals surface area contributed by atoms with Crippen LogP contribution in [-0.2, 0) is 0 Å². The lowest BCUT2D eigenvalue weighted by atomic mass is 10.2. The smallest absolute Gasteiger partial charge is 0.206 e. The van der Waals surface area contributed by atoms with E-state index in [-0.39, 0.29) is 18.4 Å². The Balaban J connectivity index is 0.00000196. The first-order valence-electron chi connectivity index (χ1n) is 3.68. The van der Waals surface area contributed by atoms with E-state index in [0.29, 0.717) is 15.6 Å². The van der Waals surface area contributed by atoms with Crippen LogP contribution < -0.4 is 11.2 Å². The molecule has 0 saturated heterocycles. The third-order valence-electron chi connectivity index (χ3n) is 1.38. The molecule has 0 amide bonds. The number of halogens is 3. The average molecular weight is 268 g/mol. The first-order valence-corrected chi connectivity index (χ1v) is 4.44. The van der Waals surface area contributed by atoms with Gasteiger partial charge in [0.1, 0.15) is 0 Å². The summed E-state index contributed by atoms with van der Waals surface area (Å²) >= 11 is 11.7. The number of hydrogen-bond donors (Lipinski definition) is 3. The van der Waals surface area contributed by atoms with E-state index in [4.69, 9.17) is 34.3 Å². The molecule has 0 aromatic heterocycles. The van der Waals surface area contributed by atoms with Crippen LogP contribution in [0.25, 0.3) is 0 Å². The Hall–Kier alpha value is -0.970. The van der Waals surface area contributed by atoms with Gasteiger partial charge in [-0.05, 0) is 12.1 Å². The van der Waals surface area contributed by atoms with Gasteiger partial charge in [0.15, 0.2) is 0 Å². The minimum absolute atomic E-state index is 0. The topological polar surface area (TPSA) is 74.3 Å². The van der Waals surface area contributed by atoms with Crippen molar-refractivity contribution in [3.63, 3.8) is 0 Å². The SMILES string of the molecule is Cl.N=C(N)NN=Cc1c(Cl)cccc1Cl. The molecule has 0 heterocycles. The van der Waals surface area contributed by atoms with Gasteiger partial charge in [0.25, 0.3) is 0 Å². The van der Waals surface area contributed by atoms with Crippen molar-refractivity contribution in [2.45, 2.75) is 0 Å². The average Bonchev–Trinajstić information content (AvgIpc) is 2.09. The van der Waals surface area contributed by atoms with E-state index in [2.05, 4.69) is 10.5 Å². The highest BCUT2D eigenvalue weighted by Gasteiger charge is 2.01. The van der Waals surface area contributed by atoms with Gasteiger partial charge in [0.2, 0.25) is 5.96 Å². The van der Waals surface area contributed by atoms with Crippen molar-refractivity contribution in [1.82, 2.24) is 5.43 Å². The second kappa shape index (κ2) is 6.50. The van der Waals surface area contributed by atoms with Gasteiger partial charge in [0.05, 0.1) is 16.3 Å². The summed E-state index contributed by atoms with van der Waals surface area (Å²) in [6, 6.07) is 5.13. The van der Waals surface area contributed by atoms with Gasteiger partial charge >= 0.3 is 0 Å². The fourth-order valence-corrected chi connectivity index (χ4v) is 1.30. The normalized spacial score (nSPS) is 9.73. The molecule has 0 aliphatic heterocycles. The summed E-state index contributed by atoms with van der Waals surface area (Å²) in [6.45, 7) is 0. The minimum atomic E-state index is -0.246. The Kier molecular flexibility index (Phi) is 6.08. The molecule has 4 nitrogen and oxygen atoms in total. The predicted molar refractivity (Wildman–Crippen MR) is 66.4 cm³/mol. The molecule has 1 aromatic rings. The molecule has 0 aliphatic carbocycles. The summed E-state index contributed by atoms with van der Waals surface area (Å²) in [4.78, 5) is 0. The third-order valence-corrected chi connectivity index (χ3v) is 2.04. The summed E-state index contributed by atoms with van der Waals surface area (Å²) in [6.07, 6.45) is 1.41. The first kappa shape index (κ1) is 14.0. The standard InChI is InChI=1S/C8H8Cl2N4.ClH/c9-6-2-1-3-7(10)5(6)4-13-14-8(11)12;/h1-4H,(H4,11,12,14);1H. The summed E-state index contributed by atoms with van der Waals surface area (Å²) in [5.74, 6) is -0.246. The summed E-state index contributed by atoms with van der Waals surface area (Å²) in [5, 5.41) is 11.5. The zero-order chi connectivity index (χ0) is 10.6. The molecule has 7 heteroatoms. The maximum absolute atomic E-state index is 6.85. The molecular weight excluding hydrogens is 258 g/mol. The molecule has 0 spiro atoms. The molecule has 15 heavy (non-hydrogen) atoms. The number of rotatable bonds is 2. The van der Waals surface area contributed by atoms with Gasteiger partial charge in [-0.2, -0.15) is 5.10 Å². The van der Waals surface area contributed by atoms with Crippen molar-refractivity contribution in [2.75, 3.05) is 0 Å². The van der Waals surface area contributed by atoms with Crippen LogP contribution in [0.15, 0.2) is 23.3 Å². The van der Waals surface area contributed by atoms with E-state index in [1.54, 1.807) is 18.2 Å². The van der Waals surface area contributed by atoms with Crippen molar-refractivity contribution in [3.05, 3.63) is 33.8 Å². The van der Waals surface area contributed by atoms with Crippen LogP contribution >= 0.6 is 35.6 Å². The fraction of sp³-hybridized carbons (Fsp3) is 0. The van der Waals surface area contributed by atoms with Crippen molar-refractivity contribution in [1.29, 1.82) is 5.41 Å². The maximum atomic E-state index is 6.85. The summed E-state index contributed by atoms with van der Waals surface area (Å²) in [7, 11) is 0. The largest absolute Gasteiger partial charge is 0.369 e. The third kappa shape index (κ3) is 4.38. The molecule has 0 unspecified atom stereocenters. The molecule has 0 radical (unpaired) electrons. The van der Waals surface area contributed by atoms with Crippen LogP contribution in [0.2, 0.25) is 10.0 Å². The fourth-order valence-electron chi connectivity index (χ4n) is 0.800. The Bertz CT molecular complexity index is 358. The quantitative estimate of drug-likeness (QED) is 0.437. The van der Waals surface area contributed by atoms with Crippen LogP contribution in [-0.4, -0.2) is 12.2 Å². The molecule has 4 N–H and O–H groups in total. The molecule has 0 bridgehead atoms. The number of benzene rings is 1. The van der Waals surface area contributed by atoms with Crippen molar-refractivity contribution in [3.8, 4) is 0 Å².